The highest BCUT2D eigenvalue weighted by molar-refractivity contribution is 5.97. The lowest BCUT2D eigenvalue weighted by Gasteiger charge is -2.22. The Bertz CT molecular complexity index is 801. The normalized spacial score (nSPS) is 11.6. The first kappa shape index (κ1) is 21.1. The number of hydrazine groups is 1. The van der Waals surface area contributed by atoms with Crippen LogP contribution in [0, 0.1) is 19.8 Å². The summed E-state index contributed by atoms with van der Waals surface area (Å²) in [5.74, 6) is 0.159. The quantitative estimate of drug-likeness (QED) is 0.603. The smallest absolute Gasteiger partial charge is 0.261 e. The van der Waals surface area contributed by atoms with Crippen molar-refractivity contribution in [3.8, 4) is 5.75 Å². The molecule has 8 nitrogen and oxygen atoms in total. The number of nitrogens with one attached hydrogen (secondary N) is 3. The van der Waals surface area contributed by atoms with Crippen molar-refractivity contribution >= 4 is 17.8 Å². The summed E-state index contributed by atoms with van der Waals surface area (Å²) in [4.78, 5) is 33.5. The molecule has 1 aromatic heterocycles. The van der Waals surface area contributed by atoms with E-state index in [1.54, 1.807) is 24.3 Å². The van der Waals surface area contributed by atoms with Crippen LogP contribution < -0.4 is 20.9 Å². The molecule has 28 heavy (non-hydrogen) atoms. The van der Waals surface area contributed by atoms with Crippen LogP contribution in [0.5, 0.6) is 5.75 Å². The summed E-state index contributed by atoms with van der Waals surface area (Å²) in [6, 6.07) is 7.89. The summed E-state index contributed by atoms with van der Waals surface area (Å²) in [6.07, 6.45) is 0. The number of ether oxygens (including phenoxy) is 1. The Hall–Kier alpha value is -3.16. The lowest BCUT2D eigenvalue weighted by atomic mass is 10.0. The van der Waals surface area contributed by atoms with Crippen molar-refractivity contribution in [3.05, 3.63) is 47.3 Å². The maximum absolute atomic E-state index is 12.6. The van der Waals surface area contributed by atoms with Crippen molar-refractivity contribution in [2.45, 2.75) is 40.7 Å². The van der Waals surface area contributed by atoms with E-state index < -0.39 is 6.04 Å². The van der Waals surface area contributed by atoms with Gasteiger partial charge in [0.05, 0.1) is 6.61 Å². The zero-order valence-electron chi connectivity index (χ0n) is 16.9. The molecule has 3 N–H and O–H groups in total. The van der Waals surface area contributed by atoms with Gasteiger partial charge >= 0.3 is 0 Å². The molecular weight excluding hydrogens is 358 g/mol. The van der Waals surface area contributed by atoms with Gasteiger partial charge in [0.1, 0.15) is 11.8 Å². The summed E-state index contributed by atoms with van der Waals surface area (Å²) >= 11 is 0. The molecule has 0 aliphatic rings. The number of aromatic nitrogens is 2. The molecule has 0 saturated heterocycles. The van der Waals surface area contributed by atoms with E-state index in [4.69, 9.17) is 4.74 Å². The van der Waals surface area contributed by atoms with Crippen LogP contribution in [0.15, 0.2) is 30.3 Å². The number of nitrogens with zero attached hydrogens (tertiary/aromatic N) is 2. The fourth-order valence-corrected chi connectivity index (χ4v) is 2.61. The standard InChI is InChI=1S/C20H27N5O3/c1-6-28-16-9-7-15(8-10-16)18(26)23-17(12(2)3)19(27)24-25-20-21-13(4)11-14(5)22-20/h7-12,17H,6H2,1-5H3,(H,23,26)(H,24,27)(H,21,22,25)/t17-/m0/s1. The monoisotopic (exact) mass is 385 g/mol. The van der Waals surface area contributed by atoms with Crippen molar-refractivity contribution in [2.24, 2.45) is 5.92 Å². The Balaban J connectivity index is 2.01. The van der Waals surface area contributed by atoms with Crippen LogP contribution in [-0.4, -0.2) is 34.4 Å². The highest BCUT2D eigenvalue weighted by Gasteiger charge is 2.25. The van der Waals surface area contributed by atoms with Crippen LogP contribution in [0.2, 0.25) is 0 Å². The molecule has 0 unspecified atom stereocenters. The molecule has 8 heteroatoms. The van der Waals surface area contributed by atoms with Gasteiger partial charge in [-0.3, -0.25) is 20.4 Å². The van der Waals surface area contributed by atoms with Gasteiger partial charge < -0.3 is 10.1 Å². The third-order valence-electron chi connectivity index (χ3n) is 3.94. The zero-order valence-corrected chi connectivity index (χ0v) is 16.9. The van der Waals surface area contributed by atoms with Gasteiger partial charge in [-0.15, -0.1) is 0 Å². The fraction of sp³-hybridized carbons (Fsp3) is 0.400. The summed E-state index contributed by atoms with van der Waals surface area (Å²) in [6.45, 7) is 9.85. The van der Waals surface area contributed by atoms with Gasteiger partial charge in [-0.25, -0.2) is 9.97 Å². The van der Waals surface area contributed by atoms with Gasteiger partial charge in [0.25, 0.3) is 11.8 Å². The van der Waals surface area contributed by atoms with E-state index in [2.05, 4.69) is 26.1 Å². The third kappa shape index (κ3) is 5.94. The minimum absolute atomic E-state index is 0.117. The van der Waals surface area contributed by atoms with E-state index in [9.17, 15) is 9.59 Å². The second-order valence-corrected chi connectivity index (χ2v) is 6.74. The van der Waals surface area contributed by atoms with Crippen molar-refractivity contribution < 1.29 is 14.3 Å². The SMILES string of the molecule is CCOc1ccc(C(=O)N[C@H](C(=O)NNc2nc(C)cc(C)n2)C(C)C)cc1. The number of hydrogen-bond donors (Lipinski definition) is 3. The molecule has 150 valence electrons. The van der Waals surface area contributed by atoms with Crippen LogP contribution in [0.1, 0.15) is 42.5 Å². The van der Waals surface area contributed by atoms with Crippen molar-refractivity contribution in [1.29, 1.82) is 0 Å². The van der Waals surface area contributed by atoms with Crippen LogP contribution in [0.25, 0.3) is 0 Å². The molecule has 0 bridgehead atoms. The van der Waals surface area contributed by atoms with Crippen LogP contribution in [0.3, 0.4) is 0 Å². The van der Waals surface area contributed by atoms with Gasteiger partial charge in [0, 0.05) is 17.0 Å². The van der Waals surface area contributed by atoms with E-state index in [0.717, 1.165) is 11.4 Å². The largest absolute Gasteiger partial charge is 0.494 e. The molecule has 0 aliphatic carbocycles. The first-order valence-electron chi connectivity index (χ1n) is 9.22. The Morgan fingerprint density at radius 2 is 1.68 bits per heavy atom. The average molecular weight is 385 g/mol. The third-order valence-corrected chi connectivity index (χ3v) is 3.94. The van der Waals surface area contributed by atoms with Crippen LogP contribution in [0.4, 0.5) is 5.95 Å². The molecule has 0 radical (unpaired) electrons. The van der Waals surface area contributed by atoms with E-state index in [1.807, 2.05) is 40.7 Å². The average Bonchev–Trinajstić information content (AvgIpc) is 2.64. The molecule has 0 saturated carbocycles. The highest BCUT2D eigenvalue weighted by atomic mass is 16.5. The summed E-state index contributed by atoms with van der Waals surface area (Å²) in [5, 5.41) is 2.77. The lowest BCUT2D eigenvalue weighted by molar-refractivity contribution is -0.123. The van der Waals surface area contributed by atoms with E-state index >= 15 is 0 Å². The Morgan fingerprint density at radius 1 is 1.07 bits per heavy atom. The van der Waals surface area contributed by atoms with Gasteiger partial charge in [-0.05, 0) is 57.0 Å². The molecular formula is C20H27N5O3. The number of carbonyl (C=O) groups excluding carboxylic acids is 2. The van der Waals surface area contributed by atoms with Gasteiger partial charge in [-0.2, -0.15) is 0 Å². The number of anilines is 1. The molecule has 2 rings (SSSR count). The first-order chi connectivity index (χ1) is 13.3. The Labute approximate surface area is 165 Å². The molecule has 1 aromatic carbocycles. The van der Waals surface area contributed by atoms with Gasteiger partial charge in [0.15, 0.2) is 0 Å². The first-order valence-corrected chi connectivity index (χ1v) is 9.22. The van der Waals surface area contributed by atoms with E-state index in [-0.39, 0.29) is 17.7 Å². The van der Waals surface area contributed by atoms with E-state index in [1.165, 1.54) is 0 Å². The molecule has 2 aromatic rings. The number of carbonyl (C=O) groups is 2. The lowest BCUT2D eigenvalue weighted by Crippen LogP contribution is -2.51. The maximum atomic E-state index is 12.6. The number of hydrogen-bond acceptors (Lipinski definition) is 6. The van der Waals surface area contributed by atoms with Crippen LogP contribution >= 0.6 is 0 Å². The second kappa shape index (κ2) is 9.68. The van der Waals surface area contributed by atoms with Crippen molar-refractivity contribution in [2.75, 3.05) is 12.0 Å². The van der Waals surface area contributed by atoms with Gasteiger partial charge in [-0.1, -0.05) is 13.8 Å². The molecule has 1 atom stereocenters. The molecule has 1 heterocycles. The molecule has 0 spiro atoms. The number of amides is 2. The van der Waals surface area contributed by atoms with Crippen molar-refractivity contribution in [3.63, 3.8) is 0 Å². The van der Waals surface area contributed by atoms with Gasteiger partial charge in [0.2, 0.25) is 5.95 Å². The zero-order chi connectivity index (χ0) is 20.7. The maximum Gasteiger partial charge on any atom is 0.261 e. The number of benzene rings is 1. The van der Waals surface area contributed by atoms with Crippen molar-refractivity contribution in [1.82, 2.24) is 20.7 Å². The Morgan fingerprint density at radius 3 is 2.21 bits per heavy atom. The molecule has 0 fully saturated rings. The molecule has 2 amide bonds. The predicted molar refractivity (Wildman–Crippen MR) is 107 cm³/mol. The summed E-state index contributed by atoms with van der Waals surface area (Å²) < 4.78 is 5.37. The summed E-state index contributed by atoms with van der Waals surface area (Å²) in [7, 11) is 0. The minimum atomic E-state index is -0.725. The highest BCUT2D eigenvalue weighted by Crippen LogP contribution is 2.13. The summed E-state index contributed by atoms with van der Waals surface area (Å²) in [5.41, 5.74) is 7.30. The number of rotatable bonds is 8. The topological polar surface area (TPSA) is 105 Å². The Kier molecular flexibility index (Phi) is 7.31. The number of aryl methyl sites for hydroxylation is 2. The second-order valence-electron chi connectivity index (χ2n) is 6.74. The predicted octanol–water partition coefficient (Wildman–Crippen LogP) is 2.39. The minimum Gasteiger partial charge on any atom is -0.494 e. The fourth-order valence-electron chi connectivity index (χ4n) is 2.61. The van der Waals surface area contributed by atoms with E-state index in [0.29, 0.717) is 23.9 Å². The molecule has 0 aliphatic heterocycles. The van der Waals surface area contributed by atoms with Crippen LogP contribution in [-0.2, 0) is 4.79 Å².